The lowest BCUT2D eigenvalue weighted by Crippen LogP contribution is -2.55. The van der Waals surface area contributed by atoms with E-state index in [1.54, 1.807) is 23.5 Å². The number of ether oxygens (including phenoxy) is 2. The monoisotopic (exact) mass is 477 g/mol. The minimum absolute atomic E-state index is 0.241. The summed E-state index contributed by atoms with van der Waals surface area (Å²) < 4.78 is 40.1. The number of fused-ring (bicyclic) bond motifs is 2. The van der Waals surface area contributed by atoms with Gasteiger partial charge in [0.1, 0.15) is 23.0 Å². The van der Waals surface area contributed by atoms with Crippen LogP contribution in [0.1, 0.15) is 18.1 Å². The van der Waals surface area contributed by atoms with E-state index in [0.29, 0.717) is 41.8 Å². The van der Waals surface area contributed by atoms with Gasteiger partial charge in [-0.3, -0.25) is 0 Å². The smallest absolute Gasteiger partial charge is 0.243 e. The number of hydrogen-bond donors (Lipinski definition) is 0. The lowest BCUT2D eigenvalue weighted by molar-refractivity contribution is 0.205. The molecule has 0 saturated carbocycles. The SMILES string of the molecule is COc1ccc2c(c1)C(N1CCN(S(=O)(=O)c3ccccc3C)C(C)C1)=Nc1ccccc1O2. The highest BCUT2D eigenvalue weighted by Gasteiger charge is 2.36. The van der Waals surface area contributed by atoms with E-state index in [9.17, 15) is 8.42 Å². The molecular formula is C26H27N3O4S. The molecule has 3 aromatic carbocycles. The Hall–Kier alpha value is -3.36. The number of amidine groups is 1. The van der Waals surface area contributed by atoms with Gasteiger partial charge in [-0.25, -0.2) is 13.4 Å². The first-order valence-corrected chi connectivity index (χ1v) is 12.7. The van der Waals surface area contributed by atoms with Gasteiger partial charge in [0.15, 0.2) is 5.75 Å². The largest absolute Gasteiger partial charge is 0.497 e. The van der Waals surface area contributed by atoms with Crippen LogP contribution in [0.15, 0.2) is 76.6 Å². The molecule has 0 N–H and O–H groups in total. The predicted molar refractivity (Wildman–Crippen MR) is 132 cm³/mol. The summed E-state index contributed by atoms with van der Waals surface area (Å²) in [5.41, 5.74) is 2.30. The first-order chi connectivity index (χ1) is 16.4. The summed E-state index contributed by atoms with van der Waals surface area (Å²) >= 11 is 0. The number of piperazine rings is 1. The van der Waals surface area contributed by atoms with E-state index in [4.69, 9.17) is 14.5 Å². The van der Waals surface area contributed by atoms with Gasteiger partial charge >= 0.3 is 0 Å². The van der Waals surface area contributed by atoms with Crippen molar-refractivity contribution >= 4 is 21.5 Å². The Morgan fingerprint density at radius 1 is 1.00 bits per heavy atom. The van der Waals surface area contributed by atoms with Crippen molar-refractivity contribution in [2.24, 2.45) is 4.99 Å². The average Bonchev–Trinajstić information content (AvgIpc) is 3.00. The van der Waals surface area contributed by atoms with Crippen molar-refractivity contribution in [2.45, 2.75) is 24.8 Å². The molecule has 7 nitrogen and oxygen atoms in total. The highest BCUT2D eigenvalue weighted by molar-refractivity contribution is 7.89. The van der Waals surface area contributed by atoms with E-state index in [2.05, 4.69) is 4.90 Å². The third-order valence-electron chi connectivity index (χ3n) is 6.29. The zero-order valence-electron chi connectivity index (χ0n) is 19.4. The molecule has 1 fully saturated rings. The van der Waals surface area contributed by atoms with Crippen LogP contribution in [0.25, 0.3) is 0 Å². The summed E-state index contributed by atoms with van der Waals surface area (Å²) in [5, 5.41) is 0. The quantitative estimate of drug-likeness (QED) is 0.552. The van der Waals surface area contributed by atoms with E-state index >= 15 is 0 Å². The van der Waals surface area contributed by atoms with Crippen LogP contribution in [0.3, 0.4) is 0 Å². The van der Waals surface area contributed by atoms with Crippen LogP contribution < -0.4 is 9.47 Å². The molecule has 0 amide bonds. The second-order valence-electron chi connectivity index (χ2n) is 8.54. The van der Waals surface area contributed by atoms with Crippen molar-refractivity contribution in [1.29, 1.82) is 0 Å². The molecule has 34 heavy (non-hydrogen) atoms. The van der Waals surface area contributed by atoms with Crippen molar-refractivity contribution < 1.29 is 17.9 Å². The highest BCUT2D eigenvalue weighted by atomic mass is 32.2. The molecule has 2 aliphatic rings. The minimum Gasteiger partial charge on any atom is -0.497 e. The first kappa shape index (κ1) is 22.4. The Morgan fingerprint density at radius 3 is 2.53 bits per heavy atom. The molecule has 0 bridgehead atoms. The molecule has 5 rings (SSSR count). The molecule has 0 spiro atoms. The Morgan fingerprint density at radius 2 is 1.76 bits per heavy atom. The van der Waals surface area contributed by atoms with Crippen LogP contribution >= 0.6 is 0 Å². The number of hydrogen-bond acceptors (Lipinski definition) is 6. The van der Waals surface area contributed by atoms with Gasteiger partial charge < -0.3 is 14.4 Å². The molecule has 2 heterocycles. The zero-order valence-corrected chi connectivity index (χ0v) is 20.2. The molecule has 8 heteroatoms. The van der Waals surface area contributed by atoms with Gasteiger partial charge in [-0.2, -0.15) is 4.31 Å². The Kier molecular flexibility index (Phi) is 5.79. The van der Waals surface area contributed by atoms with Gasteiger partial charge in [-0.05, 0) is 55.8 Å². The van der Waals surface area contributed by atoms with Gasteiger partial charge in [0.2, 0.25) is 10.0 Å². The van der Waals surface area contributed by atoms with Crippen molar-refractivity contribution in [2.75, 3.05) is 26.7 Å². The first-order valence-electron chi connectivity index (χ1n) is 11.2. The van der Waals surface area contributed by atoms with Gasteiger partial charge in [-0.1, -0.05) is 30.3 Å². The number of nitrogens with zero attached hydrogens (tertiary/aromatic N) is 3. The fourth-order valence-corrected chi connectivity index (χ4v) is 6.37. The lowest BCUT2D eigenvalue weighted by Gasteiger charge is -2.40. The van der Waals surface area contributed by atoms with Crippen LogP contribution in [-0.2, 0) is 10.0 Å². The molecule has 1 saturated heterocycles. The molecule has 2 aliphatic heterocycles. The van der Waals surface area contributed by atoms with Crippen LogP contribution in [0.4, 0.5) is 5.69 Å². The number of rotatable bonds is 3. The van der Waals surface area contributed by atoms with Gasteiger partial charge in [0.25, 0.3) is 0 Å². The van der Waals surface area contributed by atoms with Gasteiger partial charge in [0, 0.05) is 25.7 Å². The molecular weight excluding hydrogens is 450 g/mol. The number of methoxy groups -OCH3 is 1. The van der Waals surface area contributed by atoms with Crippen LogP contribution in [0, 0.1) is 6.92 Å². The summed E-state index contributed by atoms with van der Waals surface area (Å²) in [4.78, 5) is 7.47. The fourth-order valence-electron chi connectivity index (χ4n) is 4.53. The topological polar surface area (TPSA) is 71.4 Å². The third-order valence-corrected chi connectivity index (χ3v) is 8.46. The van der Waals surface area contributed by atoms with Crippen LogP contribution in [-0.4, -0.2) is 56.2 Å². The van der Waals surface area contributed by atoms with Crippen LogP contribution in [0.2, 0.25) is 0 Å². The average molecular weight is 478 g/mol. The number of aryl methyl sites for hydroxylation is 1. The molecule has 0 radical (unpaired) electrons. The van der Waals surface area contributed by atoms with Crippen molar-refractivity contribution in [3.63, 3.8) is 0 Å². The number of sulfonamides is 1. The van der Waals surface area contributed by atoms with Crippen molar-refractivity contribution in [1.82, 2.24) is 9.21 Å². The Labute approximate surface area is 200 Å². The highest BCUT2D eigenvalue weighted by Crippen LogP contribution is 2.39. The van der Waals surface area contributed by atoms with E-state index in [0.717, 1.165) is 22.6 Å². The third kappa shape index (κ3) is 3.93. The molecule has 1 atom stereocenters. The molecule has 176 valence electrons. The Balaban J connectivity index is 1.50. The maximum atomic E-state index is 13.4. The maximum Gasteiger partial charge on any atom is 0.243 e. The normalized spacial score (nSPS) is 18.3. The predicted octanol–water partition coefficient (Wildman–Crippen LogP) is 4.58. The summed E-state index contributed by atoms with van der Waals surface area (Å²) in [7, 11) is -1.97. The molecule has 0 aromatic heterocycles. The van der Waals surface area contributed by atoms with E-state index < -0.39 is 10.0 Å². The van der Waals surface area contributed by atoms with E-state index in [1.807, 2.05) is 68.4 Å². The summed E-state index contributed by atoms with van der Waals surface area (Å²) in [6.45, 7) is 5.14. The van der Waals surface area contributed by atoms with Crippen molar-refractivity contribution in [3.8, 4) is 17.2 Å². The van der Waals surface area contributed by atoms with E-state index in [-0.39, 0.29) is 6.04 Å². The molecule has 0 aliphatic carbocycles. The molecule has 3 aromatic rings. The maximum absolute atomic E-state index is 13.4. The number of aliphatic imine (C=N–C) groups is 1. The molecule has 1 unspecified atom stereocenters. The van der Waals surface area contributed by atoms with Crippen molar-refractivity contribution in [3.05, 3.63) is 77.9 Å². The van der Waals surface area contributed by atoms with Gasteiger partial charge in [-0.15, -0.1) is 0 Å². The van der Waals surface area contributed by atoms with E-state index in [1.165, 1.54) is 0 Å². The second-order valence-corrected chi connectivity index (χ2v) is 10.4. The standard InChI is InChI=1S/C26H27N3O4S/c1-18-8-4-7-11-25(18)34(30,31)29-15-14-28(17-19(29)2)26-21-16-20(32-3)12-13-23(21)33-24-10-6-5-9-22(24)27-26/h4-13,16,19H,14-15,17H2,1-3H3. The Bertz CT molecular complexity index is 1370. The fraction of sp³-hybridized carbons (Fsp3) is 0.269. The van der Waals surface area contributed by atoms with Gasteiger partial charge in [0.05, 0.1) is 17.6 Å². The zero-order chi connectivity index (χ0) is 23.9. The summed E-state index contributed by atoms with van der Waals surface area (Å²) in [5.74, 6) is 2.82. The number of benzene rings is 3. The minimum atomic E-state index is -3.60. The second kappa shape index (κ2) is 8.77. The van der Waals surface area contributed by atoms with Crippen LogP contribution in [0.5, 0.6) is 17.2 Å². The number of para-hydroxylation sites is 2. The summed E-state index contributed by atoms with van der Waals surface area (Å²) in [6.07, 6.45) is 0. The lowest BCUT2D eigenvalue weighted by atomic mass is 10.1. The summed E-state index contributed by atoms with van der Waals surface area (Å²) in [6, 6.07) is 20.2.